The molecular weight excluding hydrogens is 392 g/mol. The lowest BCUT2D eigenvalue weighted by atomic mass is 9.86. The van der Waals surface area contributed by atoms with Crippen LogP contribution < -0.4 is 5.32 Å². The third-order valence-corrected chi connectivity index (χ3v) is 5.68. The molecule has 2 fully saturated rings. The molecule has 1 aromatic carbocycles. The number of halogens is 2. The van der Waals surface area contributed by atoms with Crippen molar-refractivity contribution >= 4 is 11.9 Å². The van der Waals surface area contributed by atoms with Crippen molar-refractivity contribution in [3.63, 3.8) is 0 Å². The Hall–Kier alpha value is -2.22. The molecule has 2 saturated heterocycles. The fraction of sp³-hybridized carbons (Fsp3) is 0.636. The molecule has 0 spiro atoms. The Kier molecular flexibility index (Phi) is 6.95. The van der Waals surface area contributed by atoms with Gasteiger partial charge in [0.25, 0.3) is 6.43 Å². The zero-order chi connectivity index (χ0) is 21.9. The molecule has 8 heteroatoms. The van der Waals surface area contributed by atoms with E-state index in [9.17, 15) is 18.4 Å². The predicted molar refractivity (Wildman–Crippen MR) is 110 cm³/mol. The summed E-state index contributed by atoms with van der Waals surface area (Å²) in [7, 11) is 0. The number of urea groups is 1. The highest BCUT2D eigenvalue weighted by molar-refractivity contribution is 5.82. The van der Waals surface area contributed by atoms with Crippen molar-refractivity contribution in [2.45, 2.75) is 45.6 Å². The number of hydrogen-bond acceptors (Lipinski definition) is 3. The largest absolute Gasteiger partial charge is 0.378 e. The Balaban J connectivity index is 1.78. The number of nitrogens with one attached hydrogen (secondary N) is 1. The summed E-state index contributed by atoms with van der Waals surface area (Å²) in [6.45, 7) is 8.59. The summed E-state index contributed by atoms with van der Waals surface area (Å²) >= 11 is 0. The zero-order valence-corrected chi connectivity index (χ0v) is 17.9. The smallest absolute Gasteiger partial charge is 0.320 e. The fourth-order valence-corrected chi connectivity index (χ4v) is 3.87. The van der Waals surface area contributed by atoms with Crippen LogP contribution in [0.15, 0.2) is 24.3 Å². The lowest BCUT2D eigenvalue weighted by Crippen LogP contribution is -2.57. The Morgan fingerprint density at radius 2 is 1.70 bits per heavy atom. The van der Waals surface area contributed by atoms with E-state index in [-0.39, 0.29) is 29.5 Å². The summed E-state index contributed by atoms with van der Waals surface area (Å²) in [5.41, 5.74) is 0.340. The summed E-state index contributed by atoms with van der Waals surface area (Å²) in [6, 6.07) is 6.02. The number of ether oxygens (including phenoxy) is 1. The molecule has 2 unspecified atom stereocenters. The lowest BCUT2D eigenvalue weighted by Gasteiger charge is -2.41. The van der Waals surface area contributed by atoms with Crippen LogP contribution in [0.4, 0.5) is 13.6 Å². The lowest BCUT2D eigenvalue weighted by molar-refractivity contribution is -0.129. The molecule has 0 bridgehead atoms. The molecule has 0 aliphatic carbocycles. The number of hydrogen-bond donors (Lipinski definition) is 1. The van der Waals surface area contributed by atoms with Crippen LogP contribution >= 0.6 is 0 Å². The monoisotopic (exact) mass is 423 g/mol. The van der Waals surface area contributed by atoms with Gasteiger partial charge in [0.05, 0.1) is 13.2 Å². The first-order valence-corrected chi connectivity index (χ1v) is 10.5. The number of likely N-dealkylation sites (tertiary alicyclic amines) is 1. The number of nitrogens with zero attached hydrogens (tertiary/aromatic N) is 2. The third kappa shape index (κ3) is 5.47. The van der Waals surface area contributed by atoms with E-state index in [1.54, 1.807) is 21.9 Å². The van der Waals surface area contributed by atoms with Gasteiger partial charge in [-0.15, -0.1) is 0 Å². The van der Waals surface area contributed by atoms with Crippen molar-refractivity contribution < 1.29 is 23.1 Å². The number of rotatable bonds is 3. The number of morpholine rings is 1. The number of piperidine rings is 1. The summed E-state index contributed by atoms with van der Waals surface area (Å²) in [6.07, 6.45) is -1.86. The average Bonchev–Trinajstić information content (AvgIpc) is 2.73. The van der Waals surface area contributed by atoms with Gasteiger partial charge in [0.15, 0.2) is 0 Å². The molecule has 0 radical (unpaired) electrons. The molecule has 2 heterocycles. The highest BCUT2D eigenvalue weighted by Crippen LogP contribution is 2.30. The third-order valence-electron chi connectivity index (χ3n) is 5.68. The number of alkyl halides is 2. The molecule has 0 aromatic heterocycles. The molecule has 6 nitrogen and oxygen atoms in total. The van der Waals surface area contributed by atoms with Gasteiger partial charge in [-0.2, -0.15) is 0 Å². The summed E-state index contributed by atoms with van der Waals surface area (Å²) in [5.74, 6) is -0.110. The van der Waals surface area contributed by atoms with Gasteiger partial charge in [0, 0.05) is 49.1 Å². The first kappa shape index (κ1) is 22.5. The minimum atomic E-state index is -2.51. The second kappa shape index (κ2) is 9.29. The van der Waals surface area contributed by atoms with Crippen molar-refractivity contribution in [1.82, 2.24) is 15.1 Å². The highest BCUT2D eigenvalue weighted by atomic mass is 19.3. The van der Waals surface area contributed by atoms with Crippen molar-refractivity contribution in [1.29, 1.82) is 0 Å². The maximum atomic E-state index is 13.1. The number of amides is 3. The molecule has 30 heavy (non-hydrogen) atoms. The minimum absolute atomic E-state index is 0.0200. The molecule has 2 atom stereocenters. The molecule has 3 rings (SSSR count). The predicted octanol–water partition coefficient (Wildman–Crippen LogP) is 3.40. The first-order chi connectivity index (χ1) is 14.1. The van der Waals surface area contributed by atoms with Crippen LogP contribution in [-0.2, 0) is 9.53 Å². The van der Waals surface area contributed by atoms with Crippen LogP contribution in [0, 0.1) is 5.41 Å². The number of carbonyl (C=O) groups is 2. The number of benzene rings is 1. The van der Waals surface area contributed by atoms with E-state index in [1.807, 2.05) is 20.8 Å². The second-order valence-corrected chi connectivity index (χ2v) is 9.11. The molecule has 2 aliphatic rings. The second-order valence-electron chi connectivity index (χ2n) is 9.11. The van der Waals surface area contributed by atoms with Gasteiger partial charge >= 0.3 is 6.03 Å². The van der Waals surface area contributed by atoms with Crippen LogP contribution in [0.25, 0.3) is 0 Å². The van der Waals surface area contributed by atoms with E-state index in [2.05, 4.69) is 5.32 Å². The van der Waals surface area contributed by atoms with Gasteiger partial charge in [-0.1, -0.05) is 45.0 Å². The Morgan fingerprint density at radius 3 is 2.27 bits per heavy atom. The van der Waals surface area contributed by atoms with Gasteiger partial charge < -0.3 is 19.9 Å². The maximum Gasteiger partial charge on any atom is 0.320 e. The fourth-order valence-electron chi connectivity index (χ4n) is 3.87. The summed E-state index contributed by atoms with van der Waals surface area (Å²) in [5, 5.41) is 3.08. The minimum Gasteiger partial charge on any atom is -0.378 e. The highest BCUT2D eigenvalue weighted by Gasteiger charge is 2.35. The molecule has 166 valence electrons. The standard InChI is InChI=1S/C22H31F2N3O3/c1-22(2,3)20(28)25-18-12-17(15-4-6-16(7-5-15)19(23)24)13-27(14-18)21(29)26-8-10-30-11-9-26/h4-7,17-19H,8-14H2,1-3H3,(H,25,28). The van der Waals surface area contributed by atoms with Crippen LogP contribution in [0.2, 0.25) is 0 Å². The van der Waals surface area contributed by atoms with Gasteiger partial charge in [-0.3, -0.25) is 4.79 Å². The van der Waals surface area contributed by atoms with E-state index in [0.29, 0.717) is 45.8 Å². The summed E-state index contributed by atoms with van der Waals surface area (Å²) in [4.78, 5) is 29.2. The van der Waals surface area contributed by atoms with Crippen molar-refractivity contribution in [2.75, 3.05) is 39.4 Å². The SMILES string of the molecule is CC(C)(C)C(=O)NC1CC(c2ccc(C(F)F)cc2)CN(C(=O)N2CCOCC2)C1. The summed E-state index contributed by atoms with van der Waals surface area (Å²) < 4.78 is 31.2. The van der Waals surface area contributed by atoms with E-state index in [4.69, 9.17) is 4.74 Å². The first-order valence-electron chi connectivity index (χ1n) is 10.5. The molecule has 2 aliphatic heterocycles. The van der Waals surface area contributed by atoms with Crippen molar-refractivity contribution in [2.24, 2.45) is 5.41 Å². The van der Waals surface area contributed by atoms with Gasteiger partial charge in [0.2, 0.25) is 5.91 Å². The van der Waals surface area contributed by atoms with E-state index in [1.165, 1.54) is 12.1 Å². The van der Waals surface area contributed by atoms with Crippen molar-refractivity contribution in [3.05, 3.63) is 35.4 Å². The maximum absolute atomic E-state index is 13.1. The van der Waals surface area contributed by atoms with Gasteiger partial charge in [-0.25, -0.2) is 13.6 Å². The molecule has 1 N–H and O–H groups in total. The van der Waals surface area contributed by atoms with Crippen LogP contribution in [0.1, 0.15) is 50.7 Å². The van der Waals surface area contributed by atoms with Crippen LogP contribution in [0.5, 0.6) is 0 Å². The Bertz CT molecular complexity index is 743. The zero-order valence-electron chi connectivity index (χ0n) is 17.9. The van der Waals surface area contributed by atoms with Crippen LogP contribution in [0.3, 0.4) is 0 Å². The Labute approximate surface area is 176 Å². The average molecular weight is 424 g/mol. The molecular formula is C22H31F2N3O3. The number of carbonyl (C=O) groups excluding carboxylic acids is 2. The molecule has 3 amide bonds. The van der Waals surface area contributed by atoms with Gasteiger partial charge in [0.1, 0.15) is 0 Å². The van der Waals surface area contributed by atoms with E-state index < -0.39 is 11.8 Å². The normalized spacial score (nSPS) is 22.9. The van der Waals surface area contributed by atoms with Gasteiger partial charge in [-0.05, 0) is 12.0 Å². The quantitative estimate of drug-likeness (QED) is 0.811. The Morgan fingerprint density at radius 1 is 1.07 bits per heavy atom. The van der Waals surface area contributed by atoms with Crippen LogP contribution in [-0.4, -0.2) is 67.2 Å². The molecule has 1 aromatic rings. The van der Waals surface area contributed by atoms with E-state index in [0.717, 1.165) is 5.56 Å². The van der Waals surface area contributed by atoms with E-state index >= 15 is 0 Å². The van der Waals surface area contributed by atoms with Crippen molar-refractivity contribution in [3.8, 4) is 0 Å². The topological polar surface area (TPSA) is 61.9 Å². The molecule has 0 saturated carbocycles.